The van der Waals surface area contributed by atoms with Crippen molar-refractivity contribution in [3.8, 4) is 0 Å². The van der Waals surface area contributed by atoms with Gasteiger partial charge in [-0.05, 0) is 61.6 Å². The number of aromatic nitrogens is 2. The van der Waals surface area contributed by atoms with Crippen molar-refractivity contribution >= 4 is 50.8 Å². The molecule has 0 saturated heterocycles. The minimum Gasteiger partial charge on any atom is -0.461 e. The van der Waals surface area contributed by atoms with E-state index in [1.54, 1.807) is 0 Å². The van der Waals surface area contributed by atoms with Crippen LogP contribution in [0.5, 0.6) is 0 Å². The number of hydrogen-bond donors (Lipinski definition) is 3. The molecule has 1 fully saturated rings. The summed E-state index contributed by atoms with van der Waals surface area (Å²) in [5.41, 5.74) is 8.97. The van der Waals surface area contributed by atoms with Crippen LogP contribution in [0.25, 0.3) is 0 Å². The van der Waals surface area contributed by atoms with Gasteiger partial charge in [0, 0.05) is 34.5 Å². The zero-order chi connectivity index (χ0) is 30.9. The summed E-state index contributed by atoms with van der Waals surface area (Å²) in [6.45, 7) is 3.72. The van der Waals surface area contributed by atoms with Crippen molar-refractivity contribution in [3.63, 3.8) is 0 Å². The van der Waals surface area contributed by atoms with Crippen LogP contribution in [0.4, 0.5) is 5.82 Å². The number of carbonyl (C=O) groups excluding carboxylic acids is 2. The van der Waals surface area contributed by atoms with Crippen LogP contribution in [0, 0.1) is 12.8 Å². The third-order valence-corrected chi connectivity index (χ3v) is 9.29. The number of ether oxygens (including phenoxy) is 2. The second kappa shape index (κ2) is 12.9. The van der Waals surface area contributed by atoms with E-state index in [1.165, 1.54) is 30.8 Å². The molecule has 5 atom stereocenters. The van der Waals surface area contributed by atoms with Crippen LogP contribution < -0.4 is 16.2 Å². The Morgan fingerprint density at radius 1 is 1.26 bits per heavy atom. The van der Waals surface area contributed by atoms with Crippen molar-refractivity contribution in [1.29, 1.82) is 0 Å². The van der Waals surface area contributed by atoms with Crippen molar-refractivity contribution < 1.29 is 31.7 Å². The second-order valence-electron chi connectivity index (χ2n) is 10.7. The Morgan fingerprint density at radius 2 is 2.05 bits per heavy atom. The molecule has 2 aliphatic rings. The highest BCUT2D eigenvalue weighted by atomic mass is 35.5. The zero-order valence-electron chi connectivity index (χ0n) is 23.5. The topological polar surface area (TPSA) is 186 Å². The molecular formula is C28H32ClN5O7S2. The van der Waals surface area contributed by atoms with Gasteiger partial charge in [-0.1, -0.05) is 17.7 Å². The molecule has 0 radical (unpaired) electrons. The van der Waals surface area contributed by atoms with E-state index in [1.807, 2.05) is 31.2 Å². The molecule has 3 heterocycles. The minimum absolute atomic E-state index is 0.261. The number of fused-ring (bicyclic) bond motifs is 1. The number of anilines is 1. The lowest BCUT2D eigenvalue weighted by Crippen LogP contribution is -2.35. The molecule has 0 amide bonds. The second-order valence-corrected chi connectivity index (χ2v) is 13.6. The summed E-state index contributed by atoms with van der Waals surface area (Å²) in [5, 5.41) is 8.88. The normalized spacial score (nSPS) is 22.5. The average Bonchev–Trinajstić information content (AvgIpc) is 3.53. The molecule has 1 saturated carbocycles. The van der Waals surface area contributed by atoms with Crippen LogP contribution in [0.3, 0.4) is 0 Å². The molecule has 3 aromatic rings. The number of carbonyl (C=O) groups is 2. The SMILES string of the molecule is Cc1sc(C(=O)c2cncnc2N[C@@H]2C[C@H](COS(N)(=O)=O)[C@@H](OC(=O)[C@H](C)N)C2)cc1C1OCCc2ccc(Cl)cc21. The van der Waals surface area contributed by atoms with Crippen molar-refractivity contribution in [2.45, 2.75) is 57.4 Å². The fraction of sp³-hybridized carbons (Fsp3) is 0.429. The maximum atomic E-state index is 13.8. The zero-order valence-corrected chi connectivity index (χ0v) is 25.9. The van der Waals surface area contributed by atoms with E-state index >= 15 is 0 Å². The molecule has 43 heavy (non-hydrogen) atoms. The van der Waals surface area contributed by atoms with E-state index in [2.05, 4.69) is 15.3 Å². The third kappa shape index (κ3) is 7.40. The fourth-order valence-electron chi connectivity index (χ4n) is 5.44. The standard InChI is InChI=1S/C28H32ClN5O7S2/c1-14(30)28(36)41-23-9-19(7-17(23)12-40-43(31,37)38)34-27-22(11-32-13-33-27)25(35)24-10-20(15(2)42-24)26-21-8-18(29)4-3-16(21)5-6-39-26/h3-4,8,10-11,13-14,17,19,23,26H,5-7,9,12,30H2,1-2H3,(H2,31,37,38)(H,32,33,34)/t14-,17+,19+,23-,26?/m0/s1. The molecule has 0 spiro atoms. The highest BCUT2D eigenvalue weighted by Crippen LogP contribution is 2.39. The molecule has 0 bridgehead atoms. The molecule has 1 aromatic carbocycles. The minimum atomic E-state index is -4.20. The third-order valence-electron chi connectivity index (χ3n) is 7.52. The van der Waals surface area contributed by atoms with Gasteiger partial charge in [-0.15, -0.1) is 11.3 Å². The summed E-state index contributed by atoms with van der Waals surface area (Å²) in [5.74, 6) is -1.08. The van der Waals surface area contributed by atoms with Gasteiger partial charge in [0.2, 0.25) is 5.78 Å². The first-order valence-corrected chi connectivity index (χ1v) is 16.3. The summed E-state index contributed by atoms with van der Waals surface area (Å²) in [4.78, 5) is 35.8. The van der Waals surface area contributed by atoms with E-state index in [-0.39, 0.29) is 30.1 Å². The van der Waals surface area contributed by atoms with Crippen LogP contribution in [0.2, 0.25) is 5.02 Å². The average molecular weight is 650 g/mol. The predicted molar refractivity (Wildman–Crippen MR) is 160 cm³/mol. The highest BCUT2D eigenvalue weighted by molar-refractivity contribution is 7.84. The molecule has 2 aromatic heterocycles. The van der Waals surface area contributed by atoms with Crippen molar-refractivity contribution in [1.82, 2.24) is 9.97 Å². The lowest BCUT2D eigenvalue weighted by Gasteiger charge is -2.26. The van der Waals surface area contributed by atoms with Crippen LogP contribution in [0.1, 0.15) is 62.7 Å². The smallest absolute Gasteiger partial charge is 0.333 e. The summed E-state index contributed by atoms with van der Waals surface area (Å²) in [6, 6.07) is 6.44. The number of ketones is 1. The maximum absolute atomic E-state index is 13.8. The highest BCUT2D eigenvalue weighted by Gasteiger charge is 2.39. The number of nitrogens with zero attached hydrogens (tertiary/aromatic N) is 2. The molecular weight excluding hydrogens is 618 g/mol. The molecule has 1 aliphatic carbocycles. The van der Waals surface area contributed by atoms with Gasteiger partial charge in [-0.3, -0.25) is 13.8 Å². The van der Waals surface area contributed by atoms with E-state index in [9.17, 15) is 18.0 Å². The van der Waals surface area contributed by atoms with E-state index in [0.29, 0.717) is 35.2 Å². The Labute approximate surface area is 258 Å². The van der Waals surface area contributed by atoms with Gasteiger partial charge in [0.05, 0.1) is 23.7 Å². The number of nitrogens with two attached hydrogens (primary N) is 2. The molecule has 12 nitrogen and oxygen atoms in total. The number of halogens is 1. The van der Waals surface area contributed by atoms with Gasteiger partial charge in [-0.25, -0.2) is 15.1 Å². The van der Waals surface area contributed by atoms with E-state index in [0.717, 1.165) is 28.0 Å². The molecule has 5 rings (SSSR count). The molecule has 15 heteroatoms. The number of rotatable bonds is 10. The Morgan fingerprint density at radius 3 is 2.79 bits per heavy atom. The van der Waals surface area contributed by atoms with Gasteiger partial charge in [0.15, 0.2) is 0 Å². The monoisotopic (exact) mass is 649 g/mol. The maximum Gasteiger partial charge on any atom is 0.333 e. The van der Waals surface area contributed by atoms with Crippen molar-refractivity contribution in [3.05, 3.63) is 73.8 Å². The van der Waals surface area contributed by atoms with Crippen LogP contribution >= 0.6 is 22.9 Å². The molecule has 230 valence electrons. The Hall–Kier alpha value is -2.98. The van der Waals surface area contributed by atoms with Crippen molar-refractivity contribution in [2.75, 3.05) is 18.5 Å². The van der Waals surface area contributed by atoms with Crippen LogP contribution in [-0.2, 0) is 35.2 Å². The summed E-state index contributed by atoms with van der Waals surface area (Å²) in [6.07, 6.45) is 3.19. The van der Waals surface area contributed by atoms with Crippen LogP contribution in [0.15, 0.2) is 36.8 Å². The predicted octanol–water partition coefficient (Wildman–Crippen LogP) is 3.06. The Bertz CT molecular complexity index is 1630. The Kier molecular flexibility index (Phi) is 9.46. The number of thiophene rings is 1. The van der Waals surface area contributed by atoms with Gasteiger partial charge >= 0.3 is 16.3 Å². The first kappa shape index (κ1) is 31.4. The summed E-state index contributed by atoms with van der Waals surface area (Å²) < 4.78 is 39.3. The molecule has 5 N–H and O–H groups in total. The van der Waals surface area contributed by atoms with E-state index in [4.69, 9.17) is 36.1 Å². The van der Waals surface area contributed by atoms with Gasteiger partial charge in [-0.2, -0.15) is 8.42 Å². The lowest BCUT2D eigenvalue weighted by atomic mass is 9.93. The quantitative estimate of drug-likeness (QED) is 0.216. The van der Waals surface area contributed by atoms with Gasteiger partial charge < -0.3 is 20.5 Å². The van der Waals surface area contributed by atoms with E-state index < -0.39 is 34.3 Å². The van der Waals surface area contributed by atoms with Crippen molar-refractivity contribution in [2.24, 2.45) is 16.8 Å². The number of nitrogens with one attached hydrogen (secondary N) is 1. The lowest BCUT2D eigenvalue weighted by molar-refractivity contribution is -0.152. The molecule has 1 aliphatic heterocycles. The molecule has 1 unspecified atom stereocenters. The van der Waals surface area contributed by atoms with Crippen LogP contribution in [-0.4, -0.2) is 61.5 Å². The van der Waals surface area contributed by atoms with Gasteiger partial charge in [0.25, 0.3) is 0 Å². The first-order chi connectivity index (χ1) is 20.4. The first-order valence-electron chi connectivity index (χ1n) is 13.6. The van der Waals surface area contributed by atoms with Gasteiger partial charge in [0.1, 0.15) is 30.4 Å². The number of aryl methyl sites for hydroxylation is 1. The summed E-state index contributed by atoms with van der Waals surface area (Å²) >= 11 is 7.65. The fourth-order valence-corrected chi connectivity index (χ4v) is 6.99. The Balaban J connectivity index is 1.36. The summed E-state index contributed by atoms with van der Waals surface area (Å²) in [7, 11) is -4.20. The largest absolute Gasteiger partial charge is 0.461 e. The number of hydrogen-bond acceptors (Lipinski definition) is 12. The number of benzene rings is 1. The number of esters is 1.